The molecule has 1 saturated carbocycles. The zero-order valence-corrected chi connectivity index (χ0v) is 8.68. The van der Waals surface area contributed by atoms with E-state index < -0.39 is 5.60 Å². The van der Waals surface area contributed by atoms with Gasteiger partial charge in [-0.05, 0) is 44.4 Å². The van der Waals surface area contributed by atoms with Gasteiger partial charge in [0.25, 0.3) is 0 Å². The molecular formula is C11H20O2. The van der Waals surface area contributed by atoms with Crippen molar-refractivity contribution >= 4 is 6.29 Å². The minimum atomic E-state index is -0.458. The van der Waals surface area contributed by atoms with E-state index in [9.17, 15) is 9.90 Å². The van der Waals surface area contributed by atoms with Gasteiger partial charge in [-0.15, -0.1) is 0 Å². The molecule has 0 heterocycles. The highest BCUT2D eigenvalue weighted by atomic mass is 16.3. The third-order valence-corrected chi connectivity index (χ3v) is 3.40. The summed E-state index contributed by atoms with van der Waals surface area (Å²) >= 11 is 0. The van der Waals surface area contributed by atoms with Crippen molar-refractivity contribution in [1.82, 2.24) is 0 Å². The van der Waals surface area contributed by atoms with E-state index in [2.05, 4.69) is 6.92 Å². The molecule has 1 aliphatic carbocycles. The van der Waals surface area contributed by atoms with Crippen molar-refractivity contribution in [3.63, 3.8) is 0 Å². The Balaban J connectivity index is 2.41. The van der Waals surface area contributed by atoms with Crippen LogP contribution in [0.2, 0.25) is 0 Å². The highest BCUT2D eigenvalue weighted by Gasteiger charge is 2.35. The Morgan fingerprint density at radius 3 is 2.23 bits per heavy atom. The van der Waals surface area contributed by atoms with Crippen LogP contribution < -0.4 is 0 Å². The molecule has 0 spiro atoms. The van der Waals surface area contributed by atoms with Crippen molar-refractivity contribution in [1.29, 1.82) is 0 Å². The fourth-order valence-electron chi connectivity index (χ4n) is 2.05. The van der Waals surface area contributed by atoms with Crippen LogP contribution in [-0.4, -0.2) is 17.0 Å². The fraction of sp³-hybridized carbons (Fsp3) is 0.909. The maximum atomic E-state index is 10.3. The number of aldehydes is 1. The van der Waals surface area contributed by atoms with E-state index in [0.717, 1.165) is 38.4 Å². The minimum Gasteiger partial charge on any atom is -0.390 e. The summed E-state index contributed by atoms with van der Waals surface area (Å²) < 4.78 is 0. The van der Waals surface area contributed by atoms with Crippen LogP contribution in [0.25, 0.3) is 0 Å². The van der Waals surface area contributed by atoms with Gasteiger partial charge in [0.15, 0.2) is 0 Å². The lowest BCUT2D eigenvalue weighted by molar-refractivity contribution is -0.108. The second kappa shape index (κ2) is 3.79. The Bertz CT molecular complexity index is 175. The summed E-state index contributed by atoms with van der Waals surface area (Å²) in [6.07, 6.45) is 6.50. The molecule has 1 fully saturated rings. The highest BCUT2D eigenvalue weighted by Crippen LogP contribution is 2.43. The number of aliphatic hydroxyl groups is 1. The summed E-state index contributed by atoms with van der Waals surface area (Å²) in [5.74, 6) is 0. The largest absolute Gasteiger partial charge is 0.390 e. The average Bonchev–Trinajstić information content (AvgIpc) is 2.08. The van der Waals surface area contributed by atoms with E-state index in [1.807, 2.05) is 6.92 Å². The molecule has 2 nitrogen and oxygen atoms in total. The van der Waals surface area contributed by atoms with Crippen LogP contribution in [0.4, 0.5) is 0 Å². The van der Waals surface area contributed by atoms with Crippen LogP contribution in [0, 0.1) is 5.41 Å². The fourth-order valence-corrected chi connectivity index (χ4v) is 2.05. The number of hydrogen-bond acceptors (Lipinski definition) is 2. The summed E-state index contributed by atoms with van der Waals surface area (Å²) in [6, 6.07) is 0. The second-order valence-corrected chi connectivity index (χ2v) is 5.01. The molecule has 0 aromatic heterocycles. The summed E-state index contributed by atoms with van der Waals surface area (Å²) in [5, 5.41) is 9.76. The predicted molar refractivity (Wildman–Crippen MR) is 52.5 cm³/mol. The first-order valence-electron chi connectivity index (χ1n) is 5.14. The molecule has 0 aromatic carbocycles. The second-order valence-electron chi connectivity index (χ2n) is 5.01. The molecule has 0 amide bonds. The lowest BCUT2D eigenvalue weighted by Gasteiger charge is -2.40. The first-order chi connectivity index (χ1) is 5.97. The first-order valence-corrected chi connectivity index (χ1v) is 5.14. The standard InChI is InChI=1S/C11H20O2/c1-10(4-3-9-12)5-7-11(2,13)8-6-10/h9,13H,3-8H2,1-2H3. The summed E-state index contributed by atoms with van der Waals surface area (Å²) in [5.41, 5.74) is -0.163. The smallest absolute Gasteiger partial charge is 0.120 e. The van der Waals surface area contributed by atoms with Gasteiger partial charge in [-0.2, -0.15) is 0 Å². The Hall–Kier alpha value is -0.370. The molecule has 0 atom stereocenters. The first kappa shape index (κ1) is 10.7. The van der Waals surface area contributed by atoms with Gasteiger partial charge in [-0.3, -0.25) is 0 Å². The van der Waals surface area contributed by atoms with Crippen molar-refractivity contribution in [3.05, 3.63) is 0 Å². The zero-order chi connectivity index (χ0) is 9.95. The third kappa shape index (κ3) is 3.11. The van der Waals surface area contributed by atoms with Crippen LogP contribution in [0.5, 0.6) is 0 Å². The molecule has 0 radical (unpaired) electrons. The van der Waals surface area contributed by atoms with E-state index >= 15 is 0 Å². The molecule has 1 N–H and O–H groups in total. The molecule has 76 valence electrons. The molecule has 0 bridgehead atoms. The van der Waals surface area contributed by atoms with Crippen molar-refractivity contribution in [2.24, 2.45) is 5.41 Å². The molecule has 0 unspecified atom stereocenters. The summed E-state index contributed by atoms with van der Waals surface area (Å²) in [6.45, 7) is 4.14. The van der Waals surface area contributed by atoms with Gasteiger partial charge < -0.3 is 9.90 Å². The van der Waals surface area contributed by atoms with Gasteiger partial charge >= 0.3 is 0 Å². The number of carbonyl (C=O) groups excluding carboxylic acids is 1. The van der Waals surface area contributed by atoms with Crippen LogP contribution in [0.15, 0.2) is 0 Å². The van der Waals surface area contributed by atoms with E-state index in [4.69, 9.17) is 0 Å². The van der Waals surface area contributed by atoms with Crippen LogP contribution in [0.3, 0.4) is 0 Å². The van der Waals surface area contributed by atoms with Crippen LogP contribution in [0.1, 0.15) is 52.4 Å². The molecule has 0 aliphatic heterocycles. The van der Waals surface area contributed by atoms with Gasteiger partial charge in [0, 0.05) is 6.42 Å². The normalized spacial score (nSPS) is 40.2. The van der Waals surface area contributed by atoms with E-state index in [0.29, 0.717) is 11.8 Å². The van der Waals surface area contributed by atoms with Crippen molar-refractivity contribution in [2.45, 2.75) is 58.0 Å². The molecule has 1 rings (SSSR count). The average molecular weight is 184 g/mol. The molecule has 0 saturated heterocycles. The maximum Gasteiger partial charge on any atom is 0.120 e. The quantitative estimate of drug-likeness (QED) is 0.683. The molecule has 2 heteroatoms. The van der Waals surface area contributed by atoms with Gasteiger partial charge in [-0.1, -0.05) is 6.92 Å². The van der Waals surface area contributed by atoms with Gasteiger partial charge in [-0.25, -0.2) is 0 Å². The monoisotopic (exact) mass is 184 g/mol. The topological polar surface area (TPSA) is 37.3 Å². The maximum absolute atomic E-state index is 10.3. The highest BCUT2D eigenvalue weighted by molar-refractivity contribution is 5.49. The van der Waals surface area contributed by atoms with E-state index in [1.54, 1.807) is 0 Å². The minimum absolute atomic E-state index is 0.295. The Labute approximate surface area is 80.3 Å². The molecule has 0 aromatic rings. The van der Waals surface area contributed by atoms with E-state index in [-0.39, 0.29) is 0 Å². The summed E-state index contributed by atoms with van der Waals surface area (Å²) in [7, 11) is 0. The molecule has 13 heavy (non-hydrogen) atoms. The lowest BCUT2D eigenvalue weighted by atomic mass is 9.68. The Morgan fingerprint density at radius 1 is 1.23 bits per heavy atom. The van der Waals surface area contributed by atoms with Crippen molar-refractivity contribution < 1.29 is 9.90 Å². The number of hydrogen-bond donors (Lipinski definition) is 1. The Kier molecular flexibility index (Phi) is 3.12. The van der Waals surface area contributed by atoms with Gasteiger partial charge in [0.2, 0.25) is 0 Å². The zero-order valence-electron chi connectivity index (χ0n) is 8.68. The lowest BCUT2D eigenvalue weighted by Crippen LogP contribution is -2.35. The van der Waals surface area contributed by atoms with Gasteiger partial charge in [0.05, 0.1) is 5.60 Å². The SMILES string of the molecule is CC1(O)CCC(C)(CCC=O)CC1. The third-order valence-electron chi connectivity index (χ3n) is 3.40. The van der Waals surface area contributed by atoms with Crippen LogP contribution in [-0.2, 0) is 4.79 Å². The molecule has 1 aliphatic rings. The van der Waals surface area contributed by atoms with Crippen molar-refractivity contribution in [2.75, 3.05) is 0 Å². The van der Waals surface area contributed by atoms with Crippen LogP contribution >= 0.6 is 0 Å². The van der Waals surface area contributed by atoms with Crippen molar-refractivity contribution in [3.8, 4) is 0 Å². The number of carbonyl (C=O) groups is 1. The van der Waals surface area contributed by atoms with E-state index in [1.165, 1.54) is 0 Å². The van der Waals surface area contributed by atoms with Gasteiger partial charge in [0.1, 0.15) is 6.29 Å². The predicted octanol–water partition coefficient (Wildman–Crippen LogP) is 2.30. The Morgan fingerprint density at radius 2 is 1.77 bits per heavy atom. The molecular weight excluding hydrogens is 164 g/mol. The summed E-state index contributed by atoms with van der Waals surface area (Å²) in [4.78, 5) is 10.3. The number of rotatable bonds is 3.